The maximum Gasteiger partial charge on any atom is 0.223 e. The van der Waals surface area contributed by atoms with E-state index in [1.165, 1.54) is 9.60 Å². The van der Waals surface area contributed by atoms with Crippen molar-refractivity contribution in [3.8, 4) is 0 Å². The number of carbonyl (C=O) groups excluding carboxylic acids is 1. The first kappa shape index (κ1) is 18.8. The average molecular weight is 417 g/mol. The van der Waals surface area contributed by atoms with Crippen molar-refractivity contribution in [3.63, 3.8) is 0 Å². The van der Waals surface area contributed by atoms with Crippen LogP contribution in [0.1, 0.15) is 36.7 Å². The van der Waals surface area contributed by atoms with E-state index in [9.17, 15) is 4.79 Å². The molecule has 0 saturated carbocycles. The summed E-state index contributed by atoms with van der Waals surface area (Å²) < 4.78 is 1.20. The van der Waals surface area contributed by atoms with Crippen molar-refractivity contribution in [1.82, 2.24) is 9.88 Å². The molecule has 1 saturated heterocycles. The Morgan fingerprint density at radius 3 is 2.85 bits per heavy atom. The van der Waals surface area contributed by atoms with E-state index in [1.54, 1.807) is 23.1 Å². The molecule has 0 aliphatic carbocycles. The van der Waals surface area contributed by atoms with Crippen LogP contribution in [0.15, 0.2) is 53.4 Å². The Morgan fingerprint density at radius 2 is 2.04 bits per heavy atom. The zero-order valence-electron chi connectivity index (χ0n) is 14.9. The van der Waals surface area contributed by atoms with E-state index >= 15 is 0 Å². The third-order valence-corrected chi connectivity index (χ3v) is 7.27. The number of nitrogens with zero attached hydrogens (tertiary/aromatic N) is 2. The highest BCUT2D eigenvalue weighted by atomic mass is 35.5. The number of aromatic nitrogens is 1. The Hall–Kier alpha value is -1.56. The summed E-state index contributed by atoms with van der Waals surface area (Å²) in [5, 5.41) is 1.84. The first-order valence-electron chi connectivity index (χ1n) is 9.24. The molecule has 0 bridgehead atoms. The van der Waals surface area contributed by atoms with Crippen LogP contribution in [0.25, 0.3) is 10.2 Å². The molecule has 1 aliphatic rings. The van der Waals surface area contributed by atoms with Crippen LogP contribution in [0, 0.1) is 0 Å². The van der Waals surface area contributed by atoms with Crippen LogP contribution in [0.5, 0.6) is 0 Å². The summed E-state index contributed by atoms with van der Waals surface area (Å²) in [7, 11) is 0. The number of fused-ring (bicyclic) bond motifs is 1. The summed E-state index contributed by atoms with van der Waals surface area (Å²) in [6.07, 6.45) is 3.56. The molecule has 1 aliphatic heterocycles. The van der Waals surface area contributed by atoms with E-state index in [2.05, 4.69) is 6.07 Å². The van der Waals surface area contributed by atoms with Gasteiger partial charge < -0.3 is 4.90 Å². The van der Waals surface area contributed by atoms with E-state index in [0.29, 0.717) is 6.42 Å². The van der Waals surface area contributed by atoms with Crippen molar-refractivity contribution in [2.24, 2.45) is 0 Å². The normalized spacial score (nSPS) is 16.9. The van der Waals surface area contributed by atoms with Gasteiger partial charge in [0.25, 0.3) is 0 Å². The summed E-state index contributed by atoms with van der Waals surface area (Å²) in [5.41, 5.74) is 1.04. The van der Waals surface area contributed by atoms with Gasteiger partial charge in [0.15, 0.2) is 0 Å². The molecule has 27 heavy (non-hydrogen) atoms. The first-order chi connectivity index (χ1) is 13.2. The first-order valence-corrected chi connectivity index (χ1v) is 11.4. The van der Waals surface area contributed by atoms with Crippen molar-refractivity contribution in [2.75, 3.05) is 12.3 Å². The number of hydrogen-bond acceptors (Lipinski definition) is 4. The Bertz CT molecular complexity index is 892. The number of amides is 1. The second-order valence-electron chi connectivity index (χ2n) is 6.67. The summed E-state index contributed by atoms with van der Waals surface area (Å²) in [5.74, 6) is 1.20. The zero-order valence-corrected chi connectivity index (χ0v) is 17.3. The number of benzene rings is 2. The Morgan fingerprint density at radius 1 is 1.22 bits per heavy atom. The molecule has 0 unspecified atom stereocenters. The van der Waals surface area contributed by atoms with E-state index in [1.807, 2.05) is 47.4 Å². The highest BCUT2D eigenvalue weighted by Gasteiger charge is 2.31. The molecule has 140 valence electrons. The fraction of sp³-hybridized carbons (Fsp3) is 0.333. The van der Waals surface area contributed by atoms with E-state index in [-0.39, 0.29) is 11.9 Å². The maximum atomic E-state index is 12.8. The molecule has 3 nitrogen and oxygen atoms in total. The molecule has 0 N–H and O–H groups in total. The highest BCUT2D eigenvalue weighted by molar-refractivity contribution is 7.99. The SMILES string of the molecule is O=C(CCCSc1ccc(Cl)cc1)N1CCC[C@@H]1c1nc2ccccc2s1. The lowest BCUT2D eigenvalue weighted by Crippen LogP contribution is -2.30. The molecular formula is C21H21ClN2OS2. The number of thiazole rings is 1. The minimum Gasteiger partial charge on any atom is -0.333 e. The van der Waals surface area contributed by atoms with Crippen LogP contribution in [-0.4, -0.2) is 28.1 Å². The number of carbonyl (C=O) groups is 1. The third-order valence-electron chi connectivity index (χ3n) is 4.79. The predicted octanol–water partition coefficient (Wildman–Crippen LogP) is 6.19. The molecule has 1 aromatic heterocycles. The third kappa shape index (κ3) is 4.48. The topological polar surface area (TPSA) is 33.2 Å². The molecule has 1 fully saturated rings. The fourth-order valence-corrected chi connectivity index (χ4v) is 5.54. The monoisotopic (exact) mass is 416 g/mol. The summed E-state index contributed by atoms with van der Waals surface area (Å²) in [6.45, 7) is 0.851. The van der Waals surface area contributed by atoms with Crippen LogP contribution in [0.4, 0.5) is 0 Å². The molecule has 0 radical (unpaired) electrons. The molecular weight excluding hydrogens is 396 g/mol. The van der Waals surface area contributed by atoms with Gasteiger partial charge in [0, 0.05) is 22.9 Å². The van der Waals surface area contributed by atoms with Crippen molar-refractivity contribution in [3.05, 3.63) is 58.6 Å². The smallest absolute Gasteiger partial charge is 0.223 e. The Labute approximate surface area is 172 Å². The van der Waals surface area contributed by atoms with Gasteiger partial charge in [-0.2, -0.15) is 0 Å². The average Bonchev–Trinajstić information content (AvgIpc) is 3.33. The van der Waals surface area contributed by atoms with Crippen molar-refractivity contribution < 1.29 is 4.79 Å². The quantitative estimate of drug-likeness (QED) is 0.355. The second kappa shape index (κ2) is 8.63. The van der Waals surface area contributed by atoms with Gasteiger partial charge in [-0.3, -0.25) is 4.79 Å². The molecule has 0 spiro atoms. The Balaban J connectivity index is 1.32. The zero-order chi connectivity index (χ0) is 18.6. The van der Waals surface area contributed by atoms with E-state index < -0.39 is 0 Å². The number of thioether (sulfide) groups is 1. The van der Waals surface area contributed by atoms with Gasteiger partial charge in [-0.15, -0.1) is 23.1 Å². The standard InChI is InChI=1S/C21H21ClN2OS2/c22-15-9-11-16(12-10-15)26-14-4-8-20(25)24-13-3-6-18(24)21-23-17-5-1-2-7-19(17)27-21/h1-2,5,7,9-12,18H,3-4,6,8,13-14H2/t18-/m1/s1. The molecule has 1 atom stereocenters. The number of likely N-dealkylation sites (tertiary alicyclic amines) is 1. The number of hydrogen-bond donors (Lipinski definition) is 0. The number of para-hydroxylation sites is 1. The molecule has 2 aromatic carbocycles. The van der Waals surface area contributed by atoms with Crippen LogP contribution in [0.3, 0.4) is 0 Å². The van der Waals surface area contributed by atoms with Crippen molar-refractivity contribution >= 4 is 50.8 Å². The molecule has 2 heterocycles. The molecule has 3 aromatic rings. The predicted molar refractivity (Wildman–Crippen MR) is 115 cm³/mol. The van der Waals surface area contributed by atoms with Gasteiger partial charge in [-0.25, -0.2) is 4.98 Å². The lowest BCUT2D eigenvalue weighted by Gasteiger charge is -2.23. The lowest BCUT2D eigenvalue weighted by atomic mass is 10.2. The minimum atomic E-state index is 0.152. The van der Waals surface area contributed by atoms with E-state index in [4.69, 9.17) is 16.6 Å². The summed E-state index contributed by atoms with van der Waals surface area (Å²) >= 11 is 9.41. The summed E-state index contributed by atoms with van der Waals surface area (Å²) in [4.78, 5) is 20.8. The molecule has 4 rings (SSSR count). The van der Waals surface area contributed by atoms with Gasteiger partial charge in [0.05, 0.1) is 16.3 Å². The van der Waals surface area contributed by atoms with Crippen LogP contribution in [-0.2, 0) is 4.79 Å². The van der Waals surface area contributed by atoms with Crippen LogP contribution >= 0.6 is 34.7 Å². The van der Waals surface area contributed by atoms with Gasteiger partial charge in [-0.05, 0) is 61.4 Å². The summed E-state index contributed by atoms with van der Waals surface area (Å²) in [6, 6.07) is 16.2. The van der Waals surface area contributed by atoms with E-state index in [0.717, 1.165) is 47.1 Å². The lowest BCUT2D eigenvalue weighted by molar-refractivity contribution is -0.132. The van der Waals surface area contributed by atoms with Crippen molar-refractivity contribution in [2.45, 2.75) is 36.6 Å². The van der Waals surface area contributed by atoms with Crippen LogP contribution < -0.4 is 0 Å². The van der Waals surface area contributed by atoms with Gasteiger partial charge in [0.1, 0.15) is 5.01 Å². The maximum absolute atomic E-state index is 12.8. The van der Waals surface area contributed by atoms with Gasteiger partial charge >= 0.3 is 0 Å². The van der Waals surface area contributed by atoms with Crippen LogP contribution in [0.2, 0.25) is 5.02 Å². The number of rotatable bonds is 6. The highest BCUT2D eigenvalue weighted by Crippen LogP contribution is 2.37. The van der Waals surface area contributed by atoms with Crippen molar-refractivity contribution in [1.29, 1.82) is 0 Å². The molecule has 6 heteroatoms. The minimum absolute atomic E-state index is 0.152. The second-order valence-corrected chi connectivity index (χ2v) is 9.34. The fourth-order valence-electron chi connectivity index (χ4n) is 3.44. The molecule has 1 amide bonds. The van der Waals surface area contributed by atoms with Gasteiger partial charge in [0.2, 0.25) is 5.91 Å². The Kier molecular flexibility index (Phi) is 6.01. The number of halogens is 1. The van der Waals surface area contributed by atoms with Gasteiger partial charge in [-0.1, -0.05) is 23.7 Å². The largest absolute Gasteiger partial charge is 0.333 e.